The molecule has 0 unspecified atom stereocenters. The Morgan fingerprint density at radius 1 is 0.316 bits per heavy atom. The second-order valence-corrected chi connectivity index (χ2v) is 14.4. The molecule has 0 aliphatic rings. The average Bonchev–Trinajstić information content (AvgIpc) is 3.95. The van der Waals surface area contributed by atoms with Crippen molar-refractivity contribution in [3.8, 4) is 51.0 Å². The van der Waals surface area contributed by atoms with Gasteiger partial charge in [0.2, 0.25) is 0 Å². The lowest BCUT2D eigenvalue weighted by Crippen LogP contribution is -2.00. The molecule has 57 heavy (non-hydrogen) atoms. The minimum absolute atomic E-state index is 0.578. The lowest BCUT2D eigenvalue weighted by Gasteiger charge is -2.12. The van der Waals surface area contributed by atoms with Crippen LogP contribution in [0.2, 0.25) is 0 Å². The predicted octanol–water partition coefficient (Wildman–Crippen LogP) is 13.4. The topological polar surface area (TPSA) is 69.9 Å². The third-order valence-corrected chi connectivity index (χ3v) is 11.0. The highest BCUT2D eigenvalue weighted by molar-refractivity contribution is 6.14. The Kier molecular flexibility index (Phi) is 6.83. The Labute approximate surface area is 325 Å². The van der Waals surface area contributed by atoms with E-state index in [0.29, 0.717) is 17.5 Å². The number of nitrogens with zero attached hydrogens (tertiary/aromatic N) is 4. The summed E-state index contributed by atoms with van der Waals surface area (Å²) >= 11 is 0. The molecule has 0 saturated heterocycles. The van der Waals surface area contributed by atoms with Gasteiger partial charge in [-0.1, -0.05) is 127 Å². The van der Waals surface area contributed by atoms with Crippen molar-refractivity contribution in [3.05, 3.63) is 182 Å². The molecule has 12 rings (SSSR count). The van der Waals surface area contributed by atoms with Gasteiger partial charge in [0, 0.05) is 49.0 Å². The Morgan fingerprint density at radius 3 is 1.53 bits per heavy atom. The van der Waals surface area contributed by atoms with Crippen molar-refractivity contribution in [3.63, 3.8) is 0 Å². The van der Waals surface area contributed by atoms with E-state index in [0.717, 1.165) is 88.4 Å². The summed E-state index contributed by atoms with van der Waals surface area (Å²) in [6.45, 7) is 0. The van der Waals surface area contributed by atoms with E-state index in [-0.39, 0.29) is 0 Å². The molecule has 6 nitrogen and oxygen atoms in total. The molecule has 0 bridgehead atoms. The van der Waals surface area contributed by atoms with Gasteiger partial charge < -0.3 is 13.4 Å². The highest BCUT2D eigenvalue weighted by Gasteiger charge is 2.21. The van der Waals surface area contributed by atoms with Crippen LogP contribution in [0.15, 0.2) is 191 Å². The molecule has 0 atom stereocenters. The summed E-state index contributed by atoms with van der Waals surface area (Å²) in [5.41, 5.74) is 11.4. The molecule has 0 spiro atoms. The molecule has 0 radical (unpaired) electrons. The summed E-state index contributed by atoms with van der Waals surface area (Å²) in [6, 6.07) is 62.8. The second-order valence-electron chi connectivity index (χ2n) is 14.4. The molecule has 266 valence electrons. The van der Waals surface area contributed by atoms with Gasteiger partial charge in [0.1, 0.15) is 16.7 Å². The maximum absolute atomic E-state index is 7.00. The van der Waals surface area contributed by atoms with Crippen molar-refractivity contribution in [2.75, 3.05) is 0 Å². The monoisotopic (exact) mass is 730 g/mol. The fourth-order valence-corrected chi connectivity index (χ4v) is 8.36. The third-order valence-electron chi connectivity index (χ3n) is 11.0. The number of fused-ring (bicyclic) bond motifs is 9. The van der Waals surface area contributed by atoms with Gasteiger partial charge in [-0.2, -0.15) is 0 Å². The van der Waals surface area contributed by atoms with Crippen LogP contribution in [0.25, 0.3) is 117 Å². The highest BCUT2D eigenvalue weighted by Crippen LogP contribution is 2.42. The largest absolute Gasteiger partial charge is 0.456 e. The van der Waals surface area contributed by atoms with Gasteiger partial charge in [-0.15, -0.1) is 0 Å². The van der Waals surface area contributed by atoms with E-state index in [9.17, 15) is 0 Å². The molecule has 0 fully saturated rings. The first-order valence-electron chi connectivity index (χ1n) is 19.0. The second kappa shape index (κ2) is 12.3. The molecular weight excluding hydrogens is 701 g/mol. The Morgan fingerprint density at radius 2 is 0.842 bits per heavy atom. The lowest BCUT2D eigenvalue weighted by molar-refractivity contribution is 0.666. The summed E-state index contributed by atoms with van der Waals surface area (Å²) in [5, 5.41) is 6.60. The van der Waals surface area contributed by atoms with Crippen LogP contribution in [-0.4, -0.2) is 19.5 Å². The molecule has 4 aromatic heterocycles. The molecule has 0 aliphatic carbocycles. The van der Waals surface area contributed by atoms with E-state index >= 15 is 0 Å². The van der Waals surface area contributed by atoms with Crippen LogP contribution >= 0.6 is 0 Å². The Balaban J connectivity index is 1.11. The summed E-state index contributed by atoms with van der Waals surface area (Å²) < 4.78 is 15.6. The van der Waals surface area contributed by atoms with Crippen molar-refractivity contribution in [1.29, 1.82) is 0 Å². The maximum Gasteiger partial charge on any atom is 0.164 e. The minimum Gasteiger partial charge on any atom is -0.456 e. The van der Waals surface area contributed by atoms with Crippen molar-refractivity contribution >= 4 is 65.7 Å². The standard InChI is InChI=1S/C51H30N4O2/c1-3-13-31(14-4-1)49-52-50(32-15-5-2-6-16-32)54-51(53-49)34-23-25-39-41-28-35(33-24-26-46-40(27-33)38-19-9-12-22-45(38)56-46)29-44(48(41)57-47(39)30-34)55-42-20-10-7-17-36(42)37-18-8-11-21-43(37)55/h1-30H. The molecule has 0 N–H and O–H groups in total. The van der Waals surface area contributed by atoms with Crippen molar-refractivity contribution in [1.82, 2.24) is 19.5 Å². The van der Waals surface area contributed by atoms with Crippen LogP contribution in [-0.2, 0) is 0 Å². The van der Waals surface area contributed by atoms with Crippen LogP contribution in [0, 0.1) is 0 Å². The van der Waals surface area contributed by atoms with Gasteiger partial charge in [0.25, 0.3) is 0 Å². The van der Waals surface area contributed by atoms with E-state index in [1.807, 2.05) is 72.8 Å². The van der Waals surface area contributed by atoms with E-state index in [4.69, 9.17) is 23.8 Å². The summed E-state index contributed by atoms with van der Waals surface area (Å²) in [7, 11) is 0. The first-order chi connectivity index (χ1) is 28.2. The van der Waals surface area contributed by atoms with Crippen LogP contribution < -0.4 is 0 Å². The smallest absolute Gasteiger partial charge is 0.164 e. The number of aromatic nitrogens is 4. The van der Waals surface area contributed by atoms with Gasteiger partial charge in [0.05, 0.1) is 16.7 Å². The van der Waals surface area contributed by atoms with Gasteiger partial charge in [-0.25, -0.2) is 15.0 Å². The maximum atomic E-state index is 7.00. The molecule has 4 heterocycles. The molecule has 0 saturated carbocycles. The van der Waals surface area contributed by atoms with Crippen LogP contribution in [0.5, 0.6) is 0 Å². The third kappa shape index (κ3) is 5.01. The number of rotatable bonds is 5. The van der Waals surface area contributed by atoms with E-state index in [2.05, 4.69) is 114 Å². The van der Waals surface area contributed by atoms with E-state index in [1.54, 1.807) is 0 Å². The highest BCUT2D eigenvalue weighted by atomic mass is 16.3. The van der Waals surface area contributed by atoms with Gasteiger partial charge in [-0.3, -0.25) is 0 Å². The summed E-state index contributed by atoms with van der Waals surface area (Å²) in [6.07, 6.45) is 0. The molecule has 8 aromatic carbocycles. The number of furan rings is 2. The van der Waals surface area contributed by atoms with Crippen molar-refractivity contribution in [2.24, 2.45) is 0 Å². The minimum atomic E-state index is 0.578. The van der Waals surface area contributed by atoms with Crippen LogP contribution in [0.1, 0.15) is 0 Å². The SMILES string of the molecule is c1ccc(-c2nc(-c3ccccc3)nc(-c3ccc4c(c3)oc3c(-n5c6ccccc6c6ccccc65)cc(-c5ccc6oc7ccccc7c6c5)cc34)n2)cc1. The first kappa shape index (κ1) is 31.5. The molecular formula is C51H30N4O2. The normalized spacial score (nSPS) is 11.9. The Hall–Kier alpha value is -7.83. The van der Waals surface area contributed by atoms with E-state index in [1.165, 1.54) is 10.8 Å². The van der Waals surface area contributed by atoms with Gasteiger partial charge in [-0.05, 0) is 65.7 Å². The zero-order valence-electron chi connectivity index (χ0n) is 30.4. The average molecular weight is 731 g/mol. The zero-order valence-corrected chi connectivity index (χ0v) is 30.4. The van der Waals surface area contributed by atoms with Gasteiger partial charge in [0.15, 0.2) is 23.1 Å². The zero-order chi connectivity index (χ0) is 37.5. The van der Waals surface area contributed by atoms with Crippen LogP contribution in [0.3, 0.4) is 0 Å². The summed E-state index contributed by atoms with van der Waals surface area (Å²) in [5.74, 6) is 1.81. The van der Waals surface area contributed by atoms with Crippen molar-refractivity contribution < 1.29 is 8.83 Å². The number of para-hydroxylation sites is 3. The van der Waals surface area contributed by atoms with Crippen LogP contribution in [0.4, 0.5) is 0 Å². The fourth-order valence-electron chi connectivity index (χ4n) is 8.36. The first-order valence-corrected chi connectivity index (χ1v) is 19.0. The van der Waals surface area contributed by atoms with E-state index < -0.39 is 0 Å². The fraction of sp³-hybridized carbons (Fsp3) is 0. The lowest BCUT2D eigenvalue weighted by atomic mass is 9.99. The number of hydrogen-bond acceptors (Lipinski definition) is 5. The predicted molar refractivity (Wildman–Crippen MR) is 230 cm³/mol. The Bertz CT molecular complexity index is 3410. The number of hydrogen-bond donors (Lipinski definition) is 0. The number of benzene rings is 8. The van der Waals surface area contributed by atoms with Crippen molar-refractivity contribution in [2.45, 2.75) is 0 Å². The quantitative estimate of drug-likeness (QED) is 0.176. The molecule has 12 aromatic rings. The molecule has 0 amide bonds. The molecule has 6 heteroatoms. The molecule has 0 aliphatic heterocycles. The summed E-state index contributed by atoms with van der Waals surface area (Å²) in [4.78, 5) is 14.9. The van der Waals surface area contributed by atoms with Gasteiger partial charge >= 0.3 is 0 Å².